The van der Waals surface area contributed by atoms with Gasteiger partial charge in [-0.05, 0) is 36.8 Å². The van der Waals surface area contributed by atoms with Crippen LogP contribution < -0.4 is 20.3 Å². The molecular formula is C23H20ClN3O4S. The van der Waals surface area contributed by atoms with Crippen LogP contribution in [0.4, 0.5) is 5.69 Å². The zero-order valence-electron chi connectivity index (χ0n) is 17.6. The van der Waals surface area contributed by atoms with Crippen LogP contribution in [0.1, 0.15) is 13.0 Å². The average Bonchev–Trinajstić information content (AvgIpc) is 3.24. The molecule has 0 bridgehead atoms. The molecule has 1 atom stereocenters. The van der Waals surface area contributed by atoms with E-state index in [-0.39, 0.29) is 11.5 Å². The van der Waals surface area contributed by atoms with Gasteiger partial charge in [-0.15, -0.1) is 11.3 Å². The number of benzene rings is 2. The first-order chi connectivity index (χ1) is 15.4. The summed E-state index contributed by atoms with van der Waals surface area (Å²) >= 11 is 7.37. The van der Waals surface area contributed by atoms with Crippen LogP contribution in [0.5, 0.6) is 11.5 Å². The SMILES string of the molecule is COc1ccc(NC(=O)C(C)n2cnc3scc(-c4ccc(Cl)cc4)c3c2=O)cc1OC. The van der Waals surface area contributed by atoms with E-state index in [0.717, 1.165) is 11.1 Å². The van der Waals surface area contributed by atoms with Crippen LogP contribution in [0, 0.1) is 0 Å². The molecule has 0 fully saturated rings. The van der Waals surface area contributed by atoms with E-state index in [1.165, 1.54) is 36.5 Å². The van der Waals surface area contributed by atoms with Gasteiger partial charge >= 0.3 is 0 Å². The zero-order valence-corrected chi connectivity index (χ0v) is 19.2. The van der Waals surface area contributed by atoms with E-state index in [4.69, 9.17) is 21.1 Å². The molecule has 2 aromatic carbocycles. The minimum absolute atomic E-state index is 0.281. The van der Waals surface area contributed by atoms with Gasteiger partial charge in [0.15, 0.2) is 11.5 Å². The second kappa shape index (κ2) is 9.02. The number of hydrogen-bond donors (Lipinski definition) is 1. The minimum Gasteiger partial charge on any atom is -0.493 e. The van der Waals surface area contributed by atoms with E-state index in [0.29, 0.717) is 32.4 Å². The maximum Gasteiger partial charge on any atom is 0.263 e. The molecule has 0 aliphatic rings. The molecule has 0 radical (unpaired) electrons. The second-order valence-corrected chi connectivity index (χ2v) is 8.32. The van der Waals surface area contributed by atoms with Gasteiger partial charge < -0.3 is 14.8 Å². The van der Waals surface area contributed by atoms with E-state index < -0.39 is 6.04 Å². The molecule has 4 rings (SSSR count). The van der Waals surface area contributed by atoms with Crippen LogP contribution in [-0.4, -0.2) is 29.7 Å². The van der Waals surface area contributed by atoms with Gasteiger partial charge in [0.25, 0.3) is 5.56 Å². The van der Waals surface area contributed by atoms with Crippen LogP contribution in [0.25, 0.3) is 21.3 Å². The minimum atomic E-state index is -0.787. The van der Waals surface area contributed by atoms with Gasteiger partial charge in [-0.1, -0.05) is 23.7 Å². The van der Waals surface area contributed by atoms with Crippen LogP contribution in [0.2, 0.25) is 5.02 Å². The lowest BCUT2D eigenvalue weighted by molar-refractivity contribution is -0.118. The number of halogens is 1. The second-order valence-electron chi connectivity index (χ2n) is 7.03. The Morgan fingerprint density at radius 1 is 1.12 bits per heavy atom. The van der Waals surface area contributed by atoms with Crippen molar-refractivity contribution in [1.29, 1.82) is 0 Å². The highest BCUT2D eigenvalue weighted by atomic mass is 35.5. The lowest BCUT2D eigenvalue weighted by Gasteiger charge is -2.16. The van der Waals surface area contributed by atoms with Crippen molar-refractivity contribution < 1.29 is 14.3 Å². The summed E-state index contributed by atoms with van der Waals surface area (Å²) in [6.07, 6.45) is 1.41. The number of carbonyl (C=O) groups excluding carboxylic acids is 1. The summed E-state index contributed by atoms with van der Waals surface area (Å²) in [5.41, 5.74) is 1.87. The number of hydrogen-bond acceptors (Lipinski definition) is 6. The first kappa shape index (κ1) is 21.9. The summed E-state index contributed by atoms with van der Waals surface area (Å²) in [4.78, 5) is 31.2. The average molecular weight is 470 g/mol. The van der Waals surface area contributed by atoms with Crippen LogP contribution >= 0.6 is 22.9 Å². The first-order valence-corrected chi connectivity index (χ1v) is 11.0. The lowest BCUT2D eigenvalue weighted by atomic mass is 10.1. The molecule has 32 heavy (non-hydrogen) atoms. The molecular weight excluding hydrogens is 450 g/mol. The Balaban J connectivity index is 1.66. The Bertz CT molecular complexity index is 1350. The molecule has 164 valence electrons. The Morgan fingerprint density at radius 3 is 2.53 bits per heavy atom. The van der Waals surface area contributed by atoms with Gasteiger partial charge in [0, 0.05) is 27.7 Å². The number of carbonyl (C=O) groups is 1. The fourth-order valence-corrected chi connectivity index (χ4v) is 4.38. The van der Waals surface area contributed by atoms with Crippen molar-refractivity contribution >= 4 is 44.7 Å². The topological polar surface area (TPSA) is 82.5 Å². The van der Waals surface area contributed by atoms with Crippen molar-refractivity contribution in [1.82, 2.24) is 9.55 Å². The molecule has 9 heteroatoms. The van der Waals surface area contributed by atoms with Crippen LogP contribution in [-0.2, 0) is 4.79 Å². The third kappa shape index (κ3) is 4.06. The molecule has 0 saturated carbocycles. The van der Waals surface area contributed by atoms with Gasteiger partial charge in [-0.3, -0.25) is 14.2 Å². The number of thiophene rings is 1. The fraction of sp³-hybridized carbons (Fsp3) is 0.174. The van der Waals surface area contributed by atoms with Gasteiger partial charge in [0.05, 0.1) is 25.9 Å². The summed E-state index contributed by atoms with van der Waals surface area (Å²) in [5, 5.41) is 5.80. The van der Waals surface area contributed by atoms with Crippen LogP contribution in [0.3, 0.4) is 0 Å². The third-order valence-electron chi connectivity index (χ3n) is 5.12. The van der Waals surface area contributed by atoms with Gasteiger partial charge in [0.2, 0.25) is 5.91 Å². The highest BCUT2D eigenvalue weighted by molar-refractivity contribution is 7.17. The van der Waals surface area contributed by atoms with E-state index >= 15 is 0 Å². The summed E-state index contributed by atoms with van der Waals surface area (Å²) in [7, 11) is 3.06. The fourth-order valence-electron chi connectivity index (χ4n) is 3.35. The number of nitrogens with zero attached hydrogens (tertiary/aromatic N) is 2. The van der Waals surface area contributed by atoms with Crippen molar-refractivity contribution in [3.63, 3.8) is 0 Å². The van der Waals surface area contributed by atoms with Crippen molar-refractivity contribution in [3.8, 4) is 22.6 Å². The Hall–Kier alpha value is -3.36. The summed E-state index contributed by atoms with van der Waals surface area (Å²) in [6, 6.07) is 11.5. The summed E-state index contributed by atoms with van der Waals surface area (Å²) in [6.45, 7) is 1.65. The Morgan fingerprint density at radius 2 is 1.84 bits per heavy atom. The monoisotopic (exact) mass is 469 g/mol. The van der Waals surface area contributed by atoms with Crippen molar-refractivity contribution in [2.75, 3.05) is 19.5 Å². The normalized spacial score (nSPS) is 11.9. The molecule has 0 spiro atoms. The van der Waals surface area contributed by atoms with E-state index in [1.54, 1.807) is 37.3 Å². The molecule has 0 saturated heterocycles. The highest BCUT2D eigenvalue weighted by Crippen LogP contribution is 2.32. The maximum absolute atomic E-state index is 13.3. The number of methoxy groups -OCH3 is 2. The number of rotatable bonds is 6. The molecule has 1 amide bonds. The van der Waals surface area contributed by atoms with Crippen molar-refractivity contribution in [3.05, 3.63) is 69.5 Å². The maximum atomic E-state index is 13.3. The predicted molar refractivity (Wildman–Crippen MR) is 127 cm³/mol. The van der Waals surface area contributed by atoms with Crippen molar-refractivity contribution in [2.24, 2.45) is 0 Å². The molecule has 7 nitrogen and oxygen atoms in total. The van der Waals surface area contributed by atoms with E-state index in [9.17, 15) is 9.59 Å². The smallest absolute Gasteiger partial charge is 0.263 e. The number of anilines is 1. The summed E-state index contributed by atoms with van der Waals surface area (Å²) in [5.74, 6) is 0.685. The highest BCUT2D eigenvalue weighted by Gasteiger charge is 2.21. The molecule has 1 N–H and O–H groups in total. The Kier molecular flexibility index (Phi) is 6.16. The number of nitrogens with one attached hydrogen (secondary N) is 1. The quantitative estimate of drug-likeness (QED) is 0.430. The largest absolute Gasteiger partial charge is 0.493 e. The molecule has 0 aliphatic carbocycles. The molecule has 0 aliphatic heterocycles. The predicted octanol–water partition coefficient (Wildman–Crippen LogP) is 5.00. The molecule has 2 heterocycles. The molecule has 1 unspecified atom stereocenters. The zero-order chi connectivity index (χ0) is 22.8. The van der Waals surface area contributed by atoms with E-state index in [1.807, 2.05) is 17.5 Å². The van der Waals surface area contributed by atoms with Gasteiger partial charge in [-0.2, -0.15) is 0 Å². The number of aromatic nitrogens is 2. The van der Waals surface area contributed by atoms with E-state index in [2.05, 4.69) is 10.3 Å². The van der Waals surface area contributed by atoms with Crippen molar-refractivity contribution in [2.45, 2.75) is 13.0 Å². The number of fused-ring (bicyclic) bond motifs is 1. The summed E-state index contributed by atoms with van der Waals surface area (Å²) < 4.78 is 11.8. The van der Waals surface area contributed by atoms with Gasteiger partial charge in [-0.25, -0.2) is 4.98 Å². The molecule has 4 aromatic rings. The number of amides is 1. The Labute approximate surface area is 193 Å². The van der Waals surface area contributed by atoms with Crippen LogP contribution in [0.15, 0.2) is 59.0 Å². The first-order valence-electron chi connectivity index (χ1n) is 9.70. The van der Waals surface area contributed by atoms with Gasteiger partial charge in [0.1, 0.15) is 10.9 Å². The standard InChI is InChI=1S/C23H20ClN3O4S/c1-13(21(28)26-16-8-9-18(30-2)19(10-16)31-3)27-12-25-22-20(23(27)29)17(11-32-22)14-4-6-15(24)7-5-14/h4-13H,1-3H3,(H,26,28). The number of ether oxygens (including phenoxy) is 2. The lowest BCUT2D eigenvalue weighted by Crippen LogP contribution is -2.31. The third-order valence-corrected chi connectivity index (χ3v) is 6.26. The molecule has 2 aromatic heterocycles.